The number of hydrogen-bond acceptors (Lipinski definition) is 3. The molecule has 2 aromatic carbocycles. The molecule has 0 aliphatic heterocycles. The maximum Gasteiger partial charge on any atom is 0.573 e. The lowest BCUT2D eigenvalue weighted by molar-refractivity contribution is -0.274. The fourth-order valence-corrected chi connectivity index (χ4v) is 1.85. The molecule has 7 heteroatoms. The molecule has 0 atom stereocenters. The summed E-state index contributed by atoms with van der Waals surface area (Å²) in [6, 6.07) is 9.98. The first-order valence-corrected chi connectivity index (χ1v) is 7.08. The number of alkyl halides is 3. The number of halogens is 4. The second kappa shape index (κ2) is 7.72. The van der Waals surface area contributed by atoms with Crippen LogP contribution in [-0.4, -0.2) is 18.8 Å². The maximum atomic E-state index is 13.7. The van der Waals surface area contributed by atoms with Gasteiger partial charge in [0.2, 0.25) is 0 Å². The van der Waals surface area contributed by atoms with E-state index in [-0.39, 0.29) is 11.6 Å². The molecule has 0 unspecified atom stereocenters. The second-order valence-corrected chi connectivity index (χ2v) is 4.82. The van der Waals surface area contributed by atoms with E-state index < -0.39 is 6.36 Å². The molecule has 0 aliphatic carbocycles. The van der Waals surface area contributed by atoms with Crippen molar-refractivity contribution in [2.75, 3.05) is 0 Å². The summed E-state index contributed by atoms with van der Waals surface area (Å²) in [7, 11) is 0. The predicted octanol–water partition coefficient (Wildman–Crippen LogP) is 4.74. The highest BCUT2D eigenvalue weighted by atomic mass is 19.4. The van der Waals surface area contributed by atoms with Gasteiger partial charge >= 0.3 is 6.36 Å². The first-order valence-electron chi connectivity index (χ1n) is 7.08. The second-order valence-electron chi connectivity index (χ2n) is 4.82. The number of aryl methyl sites for hydroxylation is 1. The van der Waals surface area contributed by atoms with Crippen molar-refractivity contribution in [2.45, 2.75) is 19.7 Å². The quantitative estimate of drug-likeness (QED) is 0.440. The van der Waals surface area contributed by atoms with Gasteiger partial charge in [0.05, 0.1) is 12.4 Å². The molecule has 0 N–H and O–H groups in total. The molecule has 0 amide bonds. The molecule has 0 radical (unpaired) electrons. The van der Waals surface area contributed by atoms with Gasteiger partial charge in [-0.2, -0.15) is 10.2 Å². The third-order valence-electron chi connectivity index (χ3n) is 3.06. The average molecular weight is 338 g/mol. The topological polar surface area (TPSA) is 34.0 Å². The van der Waals surface area contributed by atoms with Gasteiger partial charge in [0, 0.05) is 5.56 Å². The summed E-state index contributed by atoms with van der Waals surface area (Å²) in [6.45, 7) is 1.93. The predicted molar refractivity (Wildman–Crippen MR) is 84.1 cm³/mol. The molecule has 3 nitrogen and oxygen atoms in total. The maximum absolute atomic E-state index is 13.7. The Labute approximate surface area is 136 Å². The summed E-state index contributed by atoms with van der Waals surface area (Å²) in [5.41, 5.74) is 1.72. The molecule has 24 heavy (non-hydrogen) atoms. The molecular weight excluding hydrogens is 324 g/mol. The molecule has 126 valence electrons. The van der Waals surface area contributed by atoms with Gasteiger partial charge in [-0.05, 0) is 47.9 Å². The van der Waals surface area contributed by atoms with Gasteiger partial charge in [0.15, 0.2) is 0 Å². The van der Waals surface area contributed by atoms with Crippen LogP contribution in [0.2, 0.25) is 0 Å². The first kappa shape index (κ1) is 17.7. The summed E-state index contributed by atoms with van der Waals surface area (Å²) >= 11 is 0. The van der Waals surface area contributed by atoms with Crippen molar-refractivity contribution < 1.29 is 22.3 Å². The van der Waals surface area contributed by atoms with Gasteiger partial charge in [-0.25, -0.2) is 4.39 Å². The molecule has 0 fully saturated rings. The minimum absolute atomic E-state index is 0.304. The fraction of sp³-hybridized carbons (Fsp3) is 0.176. The molecule has 0 heterocycles. The van der Waals surface area contributed by atoms with E-state index >= 15 is 0 Å². The lowest BCUT2D eigenvalue weighted by Crippen LogP contribution is -2.16. The minimum Gasteiger partial charge on any atom is -0.406 e. The summed E-state index contributed by atoms with van der Waals surface area (Å²) < 4.78 is 53.6. The third-order valence-corrected chi connectivity index (χ3v) is 3.06. The number of nitrogens with zero attached hydrogens (tertiary/aromatic N) is 2. The molecule has 0 saturated carbocycles. The molecule has 0 spiro atoms. The Kier molecular flexibility index (Phi) is 5.68. The Morgan fingerprint density at radius 3 is 2.25 bits per heavy atom. The van der Waals surface area contributed by atoms with Crippen LogP contribution >= 0.6 is 0 Å². The highest BCUT2D eigenvalue weighted by Gasteiger charge is 2.30. The monoisotopic (exact) mass is 338 g/mol. The molecule has 0 bridgehead atoms. The fourth-order valence-electron chi connectivity index (χ4n) is 1.85. The van der Waals surface area contributed by atoms with Crippen molar-refractivity contribution in [3.8, 4) is 5.75 Å². The summed E-state index contributed by atoms with van der Waals surface area (Å²) in [6.07, 6.45) is -1.38. The molecule has 0 aromatic heterocycles. The highest BCUT2D eigenvalue weighted by Crippen LogP contribution is 2.22. The van der Waals surface area contributed by atoms with Crippen LogP contribution in [0.3, 0.4) is 0 Å². The van der Waals surface area contributed by atoms with E-state index in [1.807, 2.05) is 6.92 Å². The van der Waals surface area contributed by atoms with E-state index in [0.29, 0.717) is 11.1 Å². The summed E-state index contributed by atoms with van der Waals surface area (Å²) in [4.78, 5) is 0. The zero-order chi connectivity index (χ0) is 17.6. The van der Waals surface area contributed by atoms with Crippen LogP contribution in [0.5, 0.6) is 5.75 Å². The van der Waals surface area contributed by atoms with E-state index in [1.165, 1.54) is 42.8 Å². The van der Waals surface area contributed by atoms with Crippen LogP contribution in [0.1, 0.15) is 23.6 Å². The van der Waals surface area contributed by atoms with Crippen molar-refractivity contribution in [2.24, 2.45) is 10.2 Å². The van der Waals surface area contributed by atoms with Crippen molar-refractivity contribution in [3.05, 3.63) is 65.0 Å². The van der Waals surface area contributed by atoms with Gasteiger partial charge in [-0.3, -0.25) is 0 Å². The van der Waals surface area contributed by atoms with Crippen molar-refractivity contribution >= 4 is 12.4 Å². The molecule has 0 aliphatic rings. The van der Waals surface area contributed by atoms with Crippen LogP contribution in [0.15, 0.2) is 52.7 Å². The minimum atomic E-state index is -4.72. The Morgan fingerprint density at radius 2 is 1.67 bits per heavy atom. The Bertz CT molecular complexity index is 737. The zero-order valence-corrected chi connectivity index (χ0v) is 12.7. The normalized spacial score (nSPS) is 12.2. The SMILES string of the molecule is CCc1ccc(/C=N/N=C\c2ccc(OC(F)(F)F)cc2)c(F)c1. The third kappa shape index (κ3) is 5.49. The number of ether oxygens (including phenoxy) is 1. The van der Waals surface area contributed by atoms with E-state index in [0.717, 1.165) is 12.0 Å². The van der Waals surface area contributed by atoms with Gasteiger partial charge in [0.25, 0.3) is 0 Å². The van der Waals surface area contributed by atoms with E-state index in [9.17, 15) is 17.6 Å². The van der Waals surface area contributed by atoms with Crippen molar-refractivity contribution in [3.63, 3.8) is 0 Å². The average Bonchev–Trinajstić information content (AvgIpc) is 2.52. The zero-order valence-electron chi connectivity index (χ0n) is 12.7. The first-order chi connectivity index (χ1) is 11.4. The number of benzene rings is 2. The van der Waals surface area contributed by atoms with Gasteiger partial charge in [0.1, 0.15) is 11.6 Å². The van der Waals surface area contributed by atoms with Crippen molar-refractivity contribution in [1.29, 1.82) is 0 Å². The Balaban J connectivity index is 1.98. The van der Waals surface area contributed by atoms with Crippen LogP contribution in [0.25, 0.3) is 0 Å². The van der Waals surface area contributed by atoms with Gasteiger partial charge in [-0.15, -0.1) is 13.2 Å². The Hall–Kier alpha value is -2.70. The molecule has 2 aromatic rings. The van der Waals surface area contributed by atoms with Gasteiger partial charge in [-0.1, -0.05) is 19.1 Å². The molecule has 2 rings (SSSR count). The van der Waals surface area contributed by atoms with Gasteiger partial charge < -0.3 is 4.74 Å². The van der Waals surface area contributed by atoms with Crippen LogP contribution in [0.4, 0.5) is 17.6 Å². The highest BCUT2D eigenvalue weighted by molar-refractivity contribution is 5.83. The lowest BCUT2D eigenvalue weighted by Gasteiger charge is -2.08. The summed E-state index contributed by atoms with van der Waals surface area (Å²) in [5.74, 6) is -0.705. The van der Waals surface area contributed by atoms with Crippen LogP contribution in [0, 0.1) is 5.82 Å². The van der Waals surface area contributed by atoms with E-state index in [1.54, 1.807) is 12.1 Å². The summed E-state index contributed by atoms with van der Waals surface area (Å²) in [5, 5.41) is 7.47. The molecular formula is C17H14F4N2O. The van der Waals surface area contributed by atoms with Crippen LogP contribution in [-0.2, 0) is 6.42 Å². The smallest absolute Gasteiger partial charge is 0.406 e. The molecule has 0 saturated heterocycles. The standard InChI is InChI=1S/C17H14F4N2O/c1-2-12-3-6-14(16(18)9-12)11-23-22-10-13-4-7-15(8-5-13)24-17(19,20)21/h3-11H,2H2,1H3/b22-10-,23-11+. The van der Waals surface area contributed by atoms with E-state index in [4.69, 9.17) is 0 Å². The number of rotatable bonds is 5. The van der Waals surface area contributed by atoms with E-state index in [2.05, 4.69) is 14.9 Å². The Morgan fingerprint density at radius 1 is 1.00 bits per heavy atom. The lowest BCUT2D eigenvalue weighted by atomic mass is 10.1. The number of hydrogen-bond donors (Lipinski definition) is 0. The van der Waals surface area contributed by atoms with Crippen molar-refractivity contribution in [1.82, 2.24) is 0 Å². The largest absolute Gasteiger partial charge is 0.573 e. The van der Waals surface area contributed by atoms with Crippen LogP contribution < -0.4 is 4.74 Å².